The van der Waals surface area contributed by atoms with E-state index in [2.05, 4.69) is 11.1 Å². The van der Waals surface area contributed by atoms with Crippen molar-refractivity contribution >= 4 is 23.1 Å². The molecule has 0 bridgehead atoms. The van der Waals surface area contributed by atoms with Gasteiger partial charge in [-0.25, -0.2) is 9.78 Å². The summed E-state index contributed by atoms with van der Waals surface area (Å²) in [5.41, 5.74) is 3.37. The van der Waals surface area contributed by atoms with E-state index < -0.39 is 5.97 Å². The number of fused-ring (bicyclic) bond motifs is 1. The highest BCUT2D eigenvalue weighted by molar-refractivity contribution is 5.93. The zero-order valence-corrected chi connectivity index (χ0v) is 15.1. The van der Waals surface area contributed by atoms with Gasteiger partial charge in [0.1, 0.15) is 24.1 Å². The van der Waals surface area contributed by atoms with E-state index in [1.807, 2.05) is 54.8 Å². The zero-order chi connectivity index (χ0) is 19.4. The fourth-order valence-corrected chi connectivity index (χ4v) is 3.13. The van der Waals surface area contributed by atoms with Crippen molar-refractivity contribution in [3.8, 4) is 11.8 Å². The molecule has 0 aliphatic heterocycles. The average molecular weight is 361 g/mol. The lowest BCUT2D eigenvalue weighted by Crippen LogP contribution is -2.10. The Bertz CT molecular complexity index is 1060. The molecule has 0 radical (unpaired) electrons. The number of rotatable bonds is 6. The Morgan fingerprint density at radius 3 is 2.74 bits per heavy atom. The summed E-state index contributed by atoms with van der Waals surface area (Å²) in [6.45, 7) is 4.61. The minimum atomic E-state index is -1.07. The molecule has 0 saturated carbocycles. The number of ether oxygens (including phenoxy) is 1. The monoisotopic (exact) mass is 361 g/mol. The number of carbonyl (C=O) groups is 1. The molecule has 1 N–H and O–H groups in total. The molecule has 1 aromatic carbocycles. The van der Waals surface area contributed by atoms with E-state index in [0.717, 1.165) is 28.5 Å². The molecular formula is C21H19N3O3. The molecule has 0 saturated heterocycles. The van der Waals surface area contributed by atoms with Gasteiger partial charge >= 0.3 is 5.97 Å². The molecule has 0 amide bonds. The van der Waals surface area contributed by atoms with Crippen LogP contribution in [0.25, 0.3) is 17.1 Å². The average Bonchev–Trinajstić information content (AvgIpc) is 2.94. The van der Waals surface area contributed by atoms with E-state index in [9.17, 15) is 10.1 Å². The fraction of sp³-hybridized carbons (Fsp3) is 0.190. The fourth-order valence-electron chi connectivity index (χ4n) is 3.13. The Morgan fingerprint density at radius 1 is 1.33 bits per heavy atom. The Morgan fingerprint density at radius 2 is 2.07 bits per heavy atom. The summed E-state index contributed by atoms with van der Waals surface area (Å²) in [7, 11) is 0. The van der Waals surface area contributed by atoms with Crippen LogP contribution in [-0.4, -0.2) is 27.2 Å². The molecule has 0 atom stereocenters. The van der Waals surface area contributed by atoms with Crippen molar-refractivity contribution in [2.24, 2.45) is 0 Å². The van der Waals surface area contributed by atoms with Gasteiger partial charge in [-0.15, -0.1) is 0 Å². The minimum Gasteiger partial charge on any atom is -0.492 e. The van der Waals surface area contributed by atoms with Gasteiger partial charge in [0, 0.05) is 17.2 Å². The van der Waals surface area contributed by atoms with E-state index in [0.29, 0.717) is 30.1 Å². The van der Waals surface area contributed by atoms with Crippen molar-refractivity contribution in [2.45, 2.75) is 20.4 Å². The highest BCUT2D eigenvalue weighted by Crippen LogP contribution is 2.29. The molecular weight excluding hydrogens is 342 g/mol. The van der Waals surface area contributed by atoms with Gasteiger partial charge in [0.05, 0.1) is 17.8 Å². The molecule has 0 aliphatic rings. The lowest BCUT2D eigenvalue weighted by Gasteiger charge is -2.10. The molecule has 0 unspecified atom stereocenters. The molecule has 0 fully saturated rings. The van der Waals surface area contributed by atoms with Crippen LogP contribution in [0.1, 0.15) is 22.5 Å². The first-order valence-electron chi connectivity index (χ1n) is 8.50. The highest BCUT2D eigenvalue weighted by Gasteiger charge is 2.19. The van der Waals surface area contributed by atoms with Crippen LogP contribution in [0.3, 0.4) is 0 Å². The molecule has 6 nitrogen and oxygen atoms in total. The Kier molecular flexibility index (Phi) is 5.23. The van der Waals surface area contributed by atoms with Gasteiger partial charge in [-0.1, -0.05) is 18.2 Å². The van der Waals surface area contributed by atoms with Gasteiger partial charge in [-0.3, -0.25) is 0 Å². The summed E-state index contributed by atoms with van der Waals surface area (Å²) in [6.07, 6.45) is 2.48. The number of nitrogens with zero attached hydrogens (tertiary/aromatic N) is 3. The number of aliphatic carboxylic acids is 1. The first kappa shape index (κ1) is 18.2. The second kappa shape index (κ2) is 7.75. The zero-order valence-electron chi connectivity index (χ0n) is 15.1. The number of carboxylic acid groups (broad SMARTS) is 1. The smallest absolute Gasteiger partial charge is 0.328 e. The maximum atomic E-state index is 11.0. The van der Waals surface area contributed by atoms with E-state index in [-0.39, 0.29) is 0 Å². The third kappa shape index (κ3) is 3.82. The lowest BCUT2D eigenvalue weighted by molar-refractivity contribution is -0.131. The largest absolute Gasteiger partial charge is 0.492 e. The number of aryl methyl sites for hydroxylation is 2. The van der Waals surface area contributed by atoms with E-state index in [1.165, 1.54) is 6.08 Å². The summed E-state index contributed by atoms with van der Waals surface area (Å²) in [5.74, 6) is -0.325. The summed E-state index contributed by atoms with van der Waals surface area (Å²) < 4.78 is 7.61. The minimum absolute atomic E-state index is 0.362. The molecule has 0 aliphatic carbocycles. The van der Waals surface area contributed by atoms with Gasteiger partial charge in [-0.2, -0.15) is 5.26 Å². The molecule has 136 valence electrons. The number of pyridine rings is 1. The number of carboxylic acids is 1. The maximum Gasteiger partial charge on any atom is 0.328 e. The number of nitriles is 1. The van der Waals surface area contributed by atoms with Crippen molar-refractivity contribution in [3.05, 3.63) is 65.0 Å². The topological polar surface area (TPSA) is 88.1 Å². The van der Waals surface area contributed by atoms with Gasteiger partial charge in [0.15, 0.2) is 0 Å². The van der Waals surface area contributed by atoms with Crippen molar-refractivity contribution in [3.63, 3.8) is 0 Å². The number of hydrogen-bond donors (Lipinski definition) is 1. The first-order chi connectivity index (χ1) is 13.0. The van der Waals surface area contributed by atoms with Crippen LogP contribution in [0.15, 0.2) is 42.5 Å². The van der Waals surface area contributed by atoms with E-state index in [4.69, 9.17) is 9.84 Å². The maximum absolute atomic E-state index is 11.0. The van der Waals surface area contributed by atoms with Crippen molar-refractivity contribution in [2.75, 3.05) is 6.61 Å². The molecule has 0 spiro atoms. The third-order valence-corrected chi connectivity index (χ3v) is 4.20. The number of hydrogen-bond acceptors (Lipinski definition) is 4. The second-order valence-electron chi connectivity index (χ2n) is 6.14. The molecule has 3 aromatic rings. The Balaban J connectivity index is 2.06. The predicted molar refractivity (Wildman–Crippen MR) is 103 cm³/mol. The number of aromatic nitrogens is 2. The van der Waals surface area contributed by atoms with Crippen LogP contribution in [0.2, 0.25) is 0 Å². The summed E-state index contributed by atoms with van der Waals surface area (Å²) in [5, 5.41) is 19.4. The van der Waals surface area contributed by atoms with Crippen LogP contribution < -0.4 is 4.74 Å². The van der Waals surface area contributed by atoms with Crippen molar-refractivity contribution in [1.29, 1.82) is 5.26 Å². The second-order valence-corrected chi connectivity index (χ2v) is 6.14. The number of benzene rings is 1. The van der Waals surface area contributed by atoms with Crippen LogP contribution in [0, 0.1) is 25.2 Å². The third-order valence-electron chi connectivity index (χ3n) is 4.20. The van der Waals surface area contributed by atoms with Gasteiger partial charge in [0.2, 0.25) is 0 Å². The van der Waals surface area contributed by atoms with Crippen LogP contribution in [0.5, 0.6) is 5.75 Å². The first-order valence-corrected chi connectivity index (χ1v) is 8.50. The molecule has 6 heteroatoms. The summed E-state index contributed by atoms with van der Waals surface area (Å²) >= 11 is 0. The predicted octanol–water partition coefficient (Wildman–Crippen LogP) is 3.70. The highest BCUT2D eigenvalue weighted by atomic mass is 16.5. The van der Waals surface area contributed by atoms with Crippen LogP contribution in [0.4, 0.5) is 0 Å². The quantitative estimate of drug-likeness (QED) is 0.676. The Hall–Kier alpha value is -3.59. The molecule has 2 aromatic heterocycles. The van der Waals surface area contributed by atoms with Crippen LogP contribution in [-0.2, 0) is 11.3 Å². The van der Waals surface area contributed by atoms with Crippen molar-refractivity contribution < 1.29 is 14.6 Å². The lowest BCUT2D eigenvalue weighted by atomic mass is 10.1. The van der Waals surface area contributed by atoms with E-state index >= 15 is 0 Å². The number of para-hydroxylation sites is 1. The molecule has 27 heavy (non-hydrogen) atoms. The molecule has 2 heterocycles. The van der Waals surface area contributed by atoms with Gasteiger partial charge in [-0.05, 0) is 43.7 Å². The SMILES string of the molecule is Cc1cc(C)c2c(C#N)c(/C=C/C(=O)O)n(CCOc3ccccc3)c2n1. The van der Waals surface area contributed by atoms with Crippen LogP contribution >= 0.6 is 0 Å². The molecule has 3 rings (SSSR count). The normalized spacial score (nSPS) is 11.0. The Labute approximate surface area is 157 Å². The summed E-state index contributed by atoms with van der Waals surface area (Å²) in [6, 6.07) is 13.6. The summed E-state index contributed by atoms with van der Waals surface area (Å²) in [4.78, 5) is 15.6. The standard InChI is InChI=1S/C21H19N3O3/c1-14-12-15(2)23-21-20(14)17(13-22)18(8-9-19(25)26)24(21)10-11-27-16-6-4-3-5-7-16/h3-9,12H,10-11H2,1-2H3,(H,25,26)/b9-8+. The van der Waals surface area contributed by atoms with Gasteiger partial charge in [0.25, 0.3) is 0 Å². The van der Waals surface area contributed by atoms with E-state index in [1.54, 1.807) is 0 Å². The van der Waals surface area contributed by atoms with Crippen molar-refractivity contribution in [1.82, 2.24) is 9.55 Å². The van der Waals surface area contributed by atoms with Gasteiger partial charge < -0.3 is 14.4 Å².